The number of halogens is 2. The van der Waals surface area contributed by atoms with Crippen molar-refractivity contribution in [3.8, 4) is 0 Å². The molecule has 0 fully saturated rings. The zero-order chi connectivity index (χ0) is 14.7. The second-order valence-electron chi connectivity index (χ2n) is 5.13. The molecule has 2 aliphatic rings. The first-order valence-electron chi connectivity index (χ1n) is 6.71. The molecular weight excluding hydrogens is 264 g/mol. The number of carbonyl (C=O) groups excluding carboxylic acids is 1. The quantitative estimate of drug-likeness (QED) is 0.801. The summed E-state index contributed by atoms with van der Waals surface area (Å²) in [4.78, 5) is 15.8. The van der Waals surface area contributed by atoms with Crippen LogP contribution in [0.15, 0.2) is 40.0 Å². The molecule has 1 N–H and O–H groups in total. The van der Waals surface area contributed by atoms with Crippen molar-refractivity contribution in [2.45, 2.75) is 38.8 Å². The minimum Gasteiger partial charge on any atom is -0.511 e. The first-order valence-corrected chi connectivity index (χ1v) is 6.71. The van der Waals surface area contributed by atoms with Gasteiger partial charge < -0.3 is 5.11 Å². The molecule has 0 aromatic carbocycles. The number of alkyl halides is 1. The van der Waals surface area contributed by atoms with Gasteiger partial charge >= 0.3 is 0 Å². The summed E-state index contributed by atoms with van der Waals surface area (Å²) in [5.41, 5.74) is 0.379. The molecule has 2 aliphatic carbocycles. The maximum atomic E-state index is 13.1. The number of hydrogen-bond donors (Lipinski definition) is 1. The van der Waals surface area contributed by atoms with Gasteiger partial charge in [-0.3, -0.25) is 9.79 Å². The standard InChI is InChI=1S/C15H17F2NO2/c1-2-9-3-14(19)13(15(20)4-9)8-18-12-6-10(16)5-11(17)7-12/h5-6,8-9,11,19H,2-4,7H2,1H3. The summed E-state index contributed by atoms with van der Waals surface area (Å²) in [6.07, 6.45) is 3.46. The minimum absolute atomic E-state index is 0.0149. The Bertz CT molecular complexity index is 532. The number of rotatable bonds is 3. The van der Waals surface area contributed by atoms with Gasteiger partial charge in [-0.05, 0) is 18.1 Å². The maximum Gasteiger partial charge on any atom is 0.168 e. The van der Waals surface area contributed by atoms with Crippen molar-refractivity contribution in [1.82, 2.24) is 0 Å². The van der Waals surface area contributed by atoms with E-state index in [0.717, 1.165) is 18.6 Å². The molecule has 2 atom stereocenters. The van der Waals surface area contributed by atoms with Gasteiger partial charge in [0.1, 0.15) is 17.8 Å². The van der Waals surface area contributed by atoms with E-state index in [1.54, 1.807) is 0 Å². The fourth-order valence-corrected chi connectivity index (χ4v) is 2.36. The summed E-state index contributed by atoms with van der Waals surface area (Å²) in [6, 6.07) is 0. The molecule has 0 aliphatic heterocycles. The number of nitrogens with zero attached hydrogens (tertiary/aromatic N) is 1. The predicted octanol–water partition coefficient (Wildman–Crippen LogP) is 3.74. The Morgan fingerprint density at radius 2 is 2.20 bits per heavy atom. The third kappa shape index (κ3) is 3.40. The molecule has 0 spiro atoms. The number of aliphatic hydroxyl groups excluding tert-OH is 1. The first kappa shape index (κ1) is 14.6. The Morgan fingerprint density at radius 1 is 1.45 bits per heavy atom. The van der Waals surface area contributed by atoms with Crippen LogP contribution in [0.2, 0.25) is 0 Å². The molecule has 2 rings (SSSR count). The number of allylic oxidation sites excluding steroid dienone is 6. The molecule has 3 nitrogen and oxygen atoms in total. The van der Waals surface area contributed by atoms with Crippen molar-refractivity contribution in [3.63, 3.8) is 0 Å². The van der Waals surface area contributed by atoms with Crippen LogP contribution >= 0.6 is 0 Å². The summed E-state index contributed by atoms with van der Waals surface area (Å²) < 4.78 is 26.2. The van der Waals surface area contributed by atoms with Crippen molar-refractivity contribution < 1.29 is 18.7 Å². The number of Topliss-reactive ketones (excluding diaryl/α,β-unsaturated/α-hetero) is 1. The van der Waals surface area contributed by atoms with Crippen LogP contribution in [0, 0.1) is 5.92 Å². The Balaban J connectivity index is 2.15. The highest BCUT2D eigenvalue weighted by molar-refractivity contribution is 6.14. The molecule has 0 aromatic rings. The van der Waals surface area contributed by atoms with E-state index in [2.05, 4.69) is 4.99 Å². The van der Waals surface area contributed by atoms with Crippen LogP contribution in [-0.2, 0) is 4.79 Å². The van der Waals surface area contributed by atoms with E-state index in [4.69, 9.17) is 0 Å². The highest BCUT2D eigenvalue weighted by Crippen LogP contribution is 2.27. The molecular formula is C15H17F2NO2. The van der Waals surface area contributed by atoms with E-state index in [-0.39, 0.29) is 35.2 Å². The fraction of sp³-hybridized carbons (Fsp3) is 0.467. The Hall–Kier alpha value is -1.78. The van der Waals surface area contributed by atoms with Gasteiger partial charge in [0.15, 0.2) is 5.78 Å². The summed E-state index contributed by atoms with van der Waals surface area (Å²) in [5, 5.41) is 9.86. The SMILES string of the molecule is CCC1CC(=O)C(C=NC2=CC(F)=CC(F)C2)=C(O)C1. The van der Waals surface area contributed by atoms with Crippen molar-refractivity contribution in [3.05, 3.63) is 35.0 Å². The van der Waals surface area contributed by atoms with Crippen LogP contribution in [0.3, 0.4) is 0 Å². The third-order valence-corrected chi connectivity index (χ3v) is 3.55. The van der Waals surface area contributed by atoms with E-state index in [1.165, 1.54) is 6.21 Å². The molecule has 0 radical (unpaired) electrons. The van der Waals surface area contributed by atoms with E-state index in [0.29, 0.717) is 12.8 Å². The van der Waals surface area contributed by atoms with Gasteiger partial charge in [-0.25, -0.2) is 8.78 Å². The molecule has 20 heavy (non-hydrogen) atoms. The number of carbonyl (C=O) groups is 1. The second kappa shape index (κ2) is 6.11. The Morgan fingerprint density at radius 3 is 2.80 bits per heavy atom. The highest BCUT2D eigenvalue weighted by Gasteiger charge is 2.25. The van der Waals surface area contributed by atoms with Crippen molar-refractivity contribution in [2.75, 3.05) is 0 Å². The van der Waals surface area contributed by atoms with Crippen molar-refractivity contribution >= 4 is 12.0 Å². The van der Waals surface area contributed by atoms with Crippen LogP contribution in [0.25, 0.3) is 0 Å². The predicted molar refractivity (Wildman–Crippen MR) is 73.0 cm³/mol. The van der Waals surface area contributed by atoms with Gasteiger partial charge in [-0.15, -0.1) is 0 Å². The molecule has 0 bridgehead atoms. The maximum absolute atomic E-state index is 13.1. The van der Waals surface area contributed by atoms with Crippen LogP contribution in [-0.4, -0.2) is 23.3 Å². The van der Waals surface area contributed by atoms with Crippen molar-refractivity contribution in [1.29, 1.82) is 0 Å². The van der Waals surface area contributed by atoms with E-state index in [9.17, 15) is 18.7 Å². The molecule has 0 heterocycles. The number of aliphatic hydroxyl groups is 1. The lowest BCUT2D eigenvalue weighted by atomic mass is 9.86. The highest BCUT2D eigenvalue weighted by atomic mass is 19.1. The molecule has 2 unspecified atom stereocenters. The topological polar surface area (TPSA) is 49.7 Å². The Kier molecular flexibility index (Phi) is 4.47. The summed E-state index contributed by atoms with van der Waals surface area (Å²) in [7, 11) is 0. The number of hydrogen-bond acceptors (Lipinski definition) is 3. The summed E-state index contributed by atoms with van der Waals surface area (Å²) >= 11 is 0. The van der Waals surface area contributed by atoms with Crippen LogP contribution in [0.5, 0.6) is 0 Å². The minimum atomic E-state index is -1.40. The van der Waals surface area contributed by atoms with Gasteiger partial charge in [-0.2, -0.15) is 0 Å². The Labute approximate surface area is 116 Å². The zero-order valence-corrected chi connectivity index (χ0v) is 11.3. The van der Waals surface area contributed by atoms with Crippen LogP contribution < -0.4 is 0 Å². The monoisotopic (exact) mass is 281 g/mol. The molecule has 108 valence electrons. The average molecular weight is 281 g/mol. The molecule has 0 amide bonds. The third-order valence-electron chi connectivity index (χ3n) is 3.55. The zero-order valence-electron chi connectivity index (χ0n) is 11.3. The van der Waals surface area contributed by atoms with Gasteiger partial charge in [0.25, 0.3) is 0 Å². The van der Waals surface area contributed by atoms with E-state index >= 15 is 0 Å². The smallest absolute Gasteiger partial charge is 0.168 e. The number of ketones is 1. The second-order valence-corrected chi connectivity index (χ2v) is 5.13. The molecule has 5 heteroatoms. The van der Waals surface area contributed by atoms with Crippen LogP contribution in [0.4, 0.5) is 8.78 Å². The van der Waals surface area contributed by atoms with Crippen LogP contribution in [0.1, 0.15) is 32.6 Å². The lowest BCUT2D eigenvalue weighted by molar-refractivity contribution is -0.116. The number of aliphatic imine (C=N–C) groups is 1. The first-order chi connectivity index (χ1) is 9.49. The summed E-state index contributed by atoms with van der Waals surface area (Å²) in [5.74, 6) is -0.672. The van der Waals surface area contributed by atoms with Gasteiger partial charge in [-0.1, -0.05) is 13.3 Å². The molecule has 0 saturated heterocycles. The fourth-order valence-electron chi connectivity index (χ4n) is 2.36. The van der Waals surface area contributed by atoms with Gasteiger partial charge in [0.2, 0.25) is 0 Å². The lowest BCUT2D eigenvalue weighted by Crippen LogP contribution is -2.20. The molecule has 0 aromatic heterocycles. The van der Waals surface area contributed by atoms with Gasteiger partial charge in [0, 0.05) is 31.2 Å². The molecule has 0 saturated carbocycles. The normalized spacial score (nSPS) is 27.9. The van der Waals surface area contributed by atoms with E-state index in [1.807, 2.05) is 6.92 Å². The largest absolute Gasteiger partial charge is 0.511 e. The summed E-state index contributed by atoms with van der Waals surface area (Å²) in [6.45, 7) is 1.97. The van der Waals surface area contributed by atoms with Gasteiger partial charge in [0.05, 0.1) is 5.57 Å². The lowest BCUT2D eigenvalue weighted by Gasteiger charge is -2.20. The van der Waals surface area contributed by atoms with Crippen molar-refractivity contribution in [2.24, 2.45) is 10.9 Å². The average Bonchev–Trinajstić information content (AvgIpc) is 2.36. The van der Waals surface area contributed by atoms with E-state index < -0.39 is 12.0 Å².